The number of hydrogen-bond acceptors (Lipinski definition) is 3. The van der Waals surface area contributed by atoms with E-state index in [1.165, 1.54) is 6.42 Å². The molecule has 2 N–H and O–H groups in total. The molecule has 126 valence electrons. The van der Waals surface area contributed by atoms with Crippen LogP contribution in [0.2, 0.25) is 0 Å². The van der Waals surface area contributed by atoms with Crippen molar-refractivity contribution in [3.05, 3.63) is 23.8 Å². The maximum Gasteiger partial charge on any atom is 0.319 e. The summed E-state index contributed by atoms with van der Waals surface area (Å²) in [6.07, 6.45) is 6.25. The summed E-state index contributed by atoms with van der Waals surface area (Å²) in [4.78, 5) is 24.5. The molecule has 1 aliphatic rings. The minimum absolute atomic E-state index is 0.110. The van der Waals surface area contributed by atoms with Crippen molar-refractivity contribution in [1.82, 2.24) is 5.32 Å². The zero-order valence-electron chi connectivity index (χ0n) is 14.0. The lowest BCUT2D eigenvalue weighted by Gasteiger charge is -2.21. The first kappa shape index (κ1) is 17.3. The zero-order valence-corrected chi connectivity index (χ0v) is 14.0. The molecule has 0 saturated heterocycles. The average molecular weight is 318 g/mol. The SMILES string of the molecule is CCCNC(=O)Nc1cc(C(=O)C2CCCCC2)ccc1OC. The highest BCUT2D eigenvalue weighted by molar-refractivity contribution is 6.00. The minimum Gasteiger partial charge on any atom is -0.495 e. The Morgan fingerprint density at radius 1 is 1.22 bits per heavy atom. The summed E-state index contributed by atoms with van der Waals surface area (Å²) < 4.78 is 5.28. The van der Waals surface area contributed by atoms with Crippen LogP contribution in [-0.2, 0) is 0 Å². The van der Waals surface area contributed by atoms with Crippen LogP contribution >= 0.6 is 0 Å². The average Bonchev–Trinajstić information content (AvgIpc) is 2.60. The standard InChI is InChI=1S/C18H26N2O3/c1-3-11-19-18(22)20-15-12-14(9-10-16(15)23-2)17(21)13-7-5-4-6-8-13/h9-10,12-13H,3-8,11H2,1-2H3,(H2,19,20,22). The van der Waals surface area contributed by atoms with Gasteiger partial charge in [0.15, 0.2) is 5.78 Å². The third-order valence-corrected chi connectivity index (χ3v) is 4.24. The Morgan fingerprint density at radius 2 is 1.96 bits per heavy atom. The first-order chi connectivity index (χ1) is 11.2. The predicted octanol–water partition coefficient (Wildman–Crippen LogP) is 3.99. The van der Waals surface area contributed by atoms with Crippen LogP contribution in [-0.4, -0.2) is 25.5 Å². The Balaban J connectivity index is 2.13. The van der Waals surface area contributed by atoms with Crippen molar-refractivity contribution in [3.63, 3.8) is 0 Å². The number of ether oxygens (including phenoxy) is 1. The molecule has 0 heterocycles. The first-order valence-corrected chi connectivity index (χ1v) is 8.42. The van der Waals surface area contributed by atoms with E-state index < -0.39 is 0 Å². The van der Waals surface area contributed by atoms with Gasteiger partial charge in [0.2, 0.25) is 0 Å². The smallest absolute Gasteiger partial charge is 0.319 e. The topological polar surface area (TPSA) is 67.4 Å². The summed E-state index contributed by atoms with van der Waals surface area (Å²) in [5, 5.41) is 5.52. The monoisotopic (exact) mass is 318 g/mol. The van der Waals surface area contributed by atoms with Crippen LogP contribution in [0.3, 0.4) is 0 Å². The minimum atomic E-state index is -0.285. The van der Waals surface area contributed by atoms with Crippen molar-refractivity contribution < 1.29 is 14.3 Å². The number of anilines is 1. The fourth-order valence-electron chi connectivity index (χ4n) is 2.96. The lowest BCUT2D eigenvalue weighted by atomic mass is 9.84. The van der Waals surface area contributed by atoms with E-state index in [-0.39, 0.29) is 17.7 Å². The summed E-state index contributed by atoms with van der Waals surface area (Å²) in [6.45, 7) is 2.60. The summed E-state index contributed by atoms with van der Waals surface area (Å²) in [5.41, 5.74) is 1.17. The van der Waals surface area contributed by atoms with Gasteiger partial charge in [-0.15, -0.1) is 0 Å². The molecule has 2 rings (SSSR count). The van der Waals surface area contributed by atoms with Gasteiger partial charge in [-0.25, -0.2) is 4.79 Å². The first-order valence-electron chi connectivity index (χ1n) is 8.42. The number of rotatable bonds is 6. The number of methoxy groups -OCH3 is 1. The number of carbonyl (C=O) groups is 2. The lowest BCUT2D eigenvalue weighted by Crippen LogP contribution is -2.29. The Morgan fingerprint density at radius 3 is 2.61 bits per heavy atom. The third-order valence-electron chi connectivity index (χ3n) is 4.24. The largest absolute Gasteiger partial charge is 0.495 e. The van der Waals surface area contributed by atoms with Crippen molar-refractivity contribution in [2.45, 2.75) is 45.4 Å². The summed E-state index contributed by atoms with van der Waals surface area (Å²) in [5.74, 6) is 0.833. The second-order valence-electron chi connectivity index (χ2n) is 6.00. The number of carbonyl (C=O) groups excluding carboxylic acids is 2. The normalized spacial score (nSPS) is 15.0. The molecular formula is C18H26N2O3. The number of ketones is 1. The van der Waals surface area contributed by atoms with Crippen molar-refractivity contribution in [2.24, 2.45) is 5.92 Å². The van der Waals surface area contributed by atoms with Crippen LogP contribution in [0.15, 0.2) is 18.2 Å². The van der Waals surface area contributed by atoms with Crippen LogP contribution in [0.25, 0.3) is 0 Å². The van der Waals surface area contributed by atoms with E-state index in [1.807, 2.05) is 6.92 Å². The number of urea groups is 1. The molecule has 0 aliphatic heterocycles. The van der Waals surface area contributed by atoms with E-state index in [4.69, 9.17) is 4.74 Å². The van der Waals surface area contributed by atoms with E-state index in [9.17, 15) is 9.59 Å². The Kier molecular flexibility index (Phi) is 6.44. The fraction of sp³-hybridized carbons (Fsp3) is 0.556. The van der Waals surface area contributed by atoms with Gasteiger partial charge in [-0.1, -0.05) is 26.2 Å². The van der Waals surface area contributed by atoms with E-state index in [0.717, 1.165) is 32.1 Å². The molecule has 0 spiro atoms. The third kappa shape index (κ3) is 4.71. The highest BCUT2D eigenvalue weighted by atomic mass is 16.5. The van der Waals surface area contributed by atoms with Gasteiger partial charge in [0.05, 0.1) is 12.8 Å². The van der Waals surface area contributed by atoms with Gasteiger partial charge in [-0.2, -0.15) is 0 Å². The molecule has 0 radical (unpaired) electrons. The Labute approximate surface area is 137 Å². The number of Topliss-reactive ketones (excluding diaryl/α,β-unsaturated/α-hetero) is 1. The van der Waals surface area contributed by atoms with Crippen LogP contribution in [0.5, 0.6) is 5.75 Å². The van der Waals surface area contributed by atoms with Gasteiger partial charge < -0.3 is 15.4 Å². The van der Waals surface area contributed by atoms with Gasteiger partial charge in [0.25, 0.3) is 0 Å². The van der Waals surface area contributed by atoms with Crippen LogP contribution in [0.4, 0.5) is 10.5 Å². The number of nitrogens with one attached hydrogen (secondary N) is 2. The molecule has 23 heavy (non-hydrogen) atoms. The summed E-state index contributed by atoms with van der Waals surface area (Å²) in [7, 11) is 1.55. The summed E-state index contributed by atoms with van der Waals surface area (Å²) >= 11 is 0. The molecule has 1 aromatic rings. The van der Waals surface area contributed by atoms with E-state index in [2.05, 4.69) is 10.6 Å². The van der Waals surface area contributed by atoms with Gasteiger partial charge >= 0.3 is 6.03 Å². The van der Waals surface area contributed by atoms with Crippen molar-refractivity contribution in [1.29, 1.82) is 0 Å². The number of amides is 2. The second kappa shape index (κ2) is 8.56. The molecule has 2 amide bonds. The molecule has 1 aliphatic carbocycles. The Hall–Kier alpha value is -2.04. The summed E-state index contributed by atoms with van der Waals surface area (Å²) in [6, 6.07) is 4.96. The van der Waals surface area contributed by atoms with Gasteiger partial charge in [0, 0.05) is 18.0 Å². The molecule has 0 bridgehead atoms. The zero-order chi connectivity index (χ0) is 16.7. The van der Waals surface area contributed by atoms with Crippen LogP contribution in [0, 0.1) is 5.92 Å². The fourth-order valence-corrected chi connectivity index (χ4v) is 2.96. The maximum absolute atomic E-state index is 12.6. The highest BCUT2D eigenvalue weighted by Gasteiger charge is 2.23. The molecule has 5 heteroatoms. The van der Waals surface area contributed by atoms with Gasteiger partial charge in [-0.3, -0.25) is 4.79 Å². The molecule has 0 unspecified atom stereocenters. The lowest BCUT2D eigenvalue weighted by molar-refractivity contribution is 0.0889. The van der Waals surface area contributed by atoms with E-state index >= 15 is 0 Å². The van der Waals surface area contributed by atoms with E-state index in [0.29, 0.717) is 23.5 Å². The molecule has 1 saturated carbocycles. The maximum atomic E-state index is 12.6. The van der Waals surface area contributed by atoms with Gasteiger partial charge in [0.1, 0.15) is 5.75 Å². The molecular weight excluding hydrogens is 292 g/mol. The van der Waals surface area contributed by atoms with Crippen molar-refractivity contribution in [2.75, 3.05) is 19.0 Å². The molecule has 5 nitrogen and oxygen atoms in total. The van der Waals surface area contributed by atoms with E-state index in [1.54, 1.807) is 25.3 Å². The molecule has 0 atom stereocenters. The van der Waals surface area contributed by atoms with Crippen LogP contribution in [0.1, 0.15) is 55.8 Å². The number of benzene rings is 1. The van der Waals surface area contributed by atoms with Crippen molar-refractivity contribution >= 4 is 17.5 Å². The quantitative estimate of drug-likeness (QED) is 0.779. The highest BCUT2D eigenvalue weighted by Crippen LogP contribution is 2.30. The molecule has 1 fully saturated rings. The second-order valence-corrected chi connectivity index (χ2v) is 6.00. The number of hydrogen-bond donors (Lipinski definition) is 2. The molecule has 1 aromatic carbocycles. The van der Waals surface area contributed by atoms with Gasteiger partial charge in [-0.05, 0) is 37.5 Å². The van der Waals surface area contributed by atoms with Crippen molar-refractivity contribution in [3.8, 4) is 5.75 Å². The predicted molar refractivity (Wildman–Crippen MR) is 91.2 cm³/mol. The molecule has 0 aromatic heterocycles. The Bertz CT molecular complexity index is 551. The van der Waals surface area contributed by atoms with Crippen LogP contribution < -0.4 is 15.4 Å².